The highest BCUT2D eigenvalue weighted by Crippen LogP contribution is 2.29. The van der Waals surface area contributed by atoms with E-state index in [1.54, 1.807) is 18.2 Å². The summed E-state index contributed by atoms with van der Waals surface area (Å²) in [6.45, 7) is 0. The predicted octanol–water partition coefficient (Wildman–Crippen LogP) is 2.41. The summed E-state index contributed by atoms with van der Waals surface area (Å²) in [5.74, 6) is 2.98. The van der Waals surface area contributed by atoms with Gasteiger partial charge in [-0.05, 0) is 18.2 Å². The van der Waals surface area contributed by atoms with Crippen LogP contribution in [0.4, 0.5) is 0 Å². The molecule has 0 aliphatic rings. The van der Waals surface area contributed by atoms with Gasteiger partial charge in [-0.3, -0.25) is 0 Å². The average Bonchev–Trinajstić information content (AvgIpc) is 2.18. The van der Waals surface area contributed by atoms with Crippen LogP contribution in [0.25, 0.3) is 0 Å². The molecule has 0 saturated heterocycles. The molecule has 0 aliphatic carbocycles. The number of ether oxygens (including phenoxy) is 1. The Morgan fingerprint density at radius 3 is 2.93 bits per heavy atom. The Bertz CT molecular complexity index is 355. The Labute approximate surface area is 88.5 Å². The molecule has 0 radical (unpaired) electrons. The van der Waals surface area contributed by atoms with E-state index in [0.717, 1.165) is 0 Å². The van der Waals surface area contributed by atoms with Gasteiger partial charge in [0.1, 0.15) is 5.75 Å². The van der Waals surface area contributed by atoms with Crippen LogP contribution in [0.2, 0.25) is 5.02 Å². The minimum absolute atomic E-state index is 0.247. The first kappa shape index (κ1) is 10.9. The first-order valence-electron chi connectivity index (χ1n) is 4.14. The van der Waals surface area contributed by atoms with Crippen molar-refractivity contribution in [3.63, 3.8) is 0 Å². The van der Waals surface area contributed by atoms with Gasteiger partial charge in [0.25, 0.3) is 0 Å². The summed E-state index contributed by atoms with van der Waals surface area (Å²) < 4.78 is 5.08. The highest BCUT2D eigenvalue weighted by molar-refractivity contribution is 6.30. The lowest BCUT2D eigenvalue weighted by Crippen LogP contribution is -1.99. The van der Waals surface area contributed by atoms with Crippen LogP contribution in [0.1, 0.15) is 18.1 Å². The third-order valence-electron chi connectivity index (χ3n) is 1.86. The second-order valence-electron chi connectivity index (χ2n) is 2.81. The van der Waals surface area contributed by atoms with Crippen LogP contribution in [0.15, 0.2) is 18.2 Å². The van der Waals surface area contributed by atoms with Crippen molar-refractivity contribution in [2.24, 2.45) is 0 Å². The number of aliphatic hydroxyl groups is 1. The van der Waals surface area contributed by atoms with Gasteiger partial charge in [0.15, 0.2) is 0 Å². The summed E-state index contributed by atoms with van der Waals surface area (Å²) in [5, 5.41) is 10.2. The highest BCUT2D eigenvalue weighted by atomic mass is 35.5. The number of benzene rings is 1. The number of hydrogen-bond donors (Lipinski definition) is 1. The van der Waals surface area contributed by atoms with E-state index in [9.17, 15) is 5.11 Å². The van der Waals surface area contributed by atoms with Crippen LogP contribution < -0.4 is 4.74 Å². The number of halogens is 1. The molecule has 14 heavy (non-hydrogen) atoms. The first-order chi connectivity index (χ1) is 6.69. The molecular weight excluding hydrogens is 200 g/mol. The fourth-order valence-corrected chi connectivity index (χ4v) is 1.37. The van der Waals surface area contributed by atoms with Crippen molar-refractivity contribution in [2.45, 2.75) is 12.5 Å². The fourth-order valence-electron chi connectivity index (χ4n) is 1.19. The topological polar surface area (TPSA) is 29.5 Å². The standard InChI is InChI=1S/C11H11ClO2/c1-3-4-10(13)9-7-8(12)5-6-11(9)14-2/h1,5-7,10,13H,4H2,2H3. The minimum atomic E-state index is -0.728. The van der Waals surface area contributed by atoms with Crippen molar-refractivity contribution in [3.05, 3.63) is 28.8 Å². The molecule has 0 amide bonds. The van der Waals surface area contributed by atoms with E-state index in [1.165, 1.54) is 7.11 Å². The van der Waals surface area contributed by atoms with E-state index < -0.39 is 6.10 Å². The Balaban J connectivity index is 3.04. The van der Waals surface area contributed by atoms with Crippen LogP contribution in [0.3, 0.4) is 0 Å². The smallest absolute Gasteiger partial charge is 0.124 e. The SMILES string of the molecule is C#CCC(O)c1cc(Cl)ccc1OC. The third kappa shape index (κ3) is 2.41. The van der Waals surface area contributed by atoms with Gasteiger partial charge < -0.3 is 9.84 Å². The van der Waals surface area contributed by atoms with E-state index in [1.807, 2.05) is 0 Å². The van der Waals surface area contributed by atoms with E-state index in [2.05, 4.69) is 5.92 Å². The first-order valence-corrected chi connectivity index (χ1v) is 4.51. The van der Waals surface area contributed by atoms with Crippen LogP contribution >= 0.6 is 11.6 Å². The summed E-state index contributed by atoms with van der Waals surface area (Å²) >= 11 is 5.80. The summed E-state index contributed by atoms with van der Waals surface area (Å²) in [6.07, 6.45) is 4.63. The molecule has 0 bridgehead atoms. The largest absolute Gasteiger partial charge is 0.496 e. The van der Waals surface area contributed by atoms with Gasteiger partial charge in [0.05, 0.1) is 13.2 Å². The quantitative estimate of drug-likeness (QED) is 0.777. The maximum Gasteiger partial charge on any atom is 0.124 e. The predicted molar refractivity (Wildman–Crippen MR) is 56.4 cm³/mol. The monoisotopic (exact) mass is 210 g/mol. The summed E-state index contributed by atoms with van der Waals surface area (Å²) in [4.78, 5) is 0. The Morgan fingerprint density at radius 1 is 1.64 bits per heavy atom. The van der Waals surface area contributed by atoms with Gasteiger partial charge >= 0.3 is 0 Å². The molecule has 3 heteroatoms. The fraction of sp³-hybridized carbons (Fsp3) is 0.273. The van der Waals surface area contributed by atoms with Crippen LogP contribution in [-0.2, 0) is 0 Å². The summed E-state index contributed by atoms with van der Waals surface area (Å²) in [7, 11) is 1.54. The molecule has 0 aliphatic heterocycles. The number of aliphatic hydroxyl groups excluding tert-OH is 1. The van der Waals surface area contributed by atoms with Crippen molar-refractivity contribution in [1.82, 2.24) is 0 Å². The van der Waals surface area contributed by atoms with Gasteiger partial charge in [-0.15, -0.1) is 12.3 Å². The van der Waals surface area contributed by atoms with Gasteiger partial charge in [0.2, 0.25) is 0 Å². The lowest BCUT2D eigenvalue weighted by Gasteiger charge is -2.12. The van der Waals surface area contributed by atoms with Crippen LogP contribution in [0.5, 0.6) is 5.75 Å². The van der Waals surface area contributed by atoms with Gasteiger partial charge in [-0.25, -0.2) is 0 Å². The molecule has 0 spiro atoms. The van der Waals surface area contributed by atoms with Crippen molar-refractivity contribution >= 4 is 11.6 Å². The maximum atomic E-state index is 9.68. The third-order valence-corrected chi connectivity index (χ3v) is 2.10. The second kappa shape index (κ2) is 4.90. The van der Waals surface area contributed by atoms with E-state index in [-0.39, 0.29) is 6.42 Å². The molecule has 1 atom stereocenters. The zero-order valence-corrected chi connectivity index (χ0v) is 8.58. The van der Waals surface area contributed by atoms with Crippen LogP contribution in [0, 0.1) is 12.3 Å². The zero-order chi connectivity index (χ0) is 10.6. The van der Waals surface area contributed by atoms with Crippen molar-refractivity contribution < 1.29 is 9.84 Å². The Kier molecular flexibility index (Phi) is 3.82. The zero-order valence-electron chi connectivity index (χ0n) is 7.83. The van der Waals surface area contributed by atoms with Gasteiger partial charge in [-0.2, -0.15) is 0 Å². The summed E-state index contributed by atoms with van der Waals surface area (Å²) in [6, 6.07) is 5.06. The number of rotatable bonds is 3. The van der Waals surface area contributed by atoms with E-state index in [4.69, 9.17) is 22.8 Å². The van der Waals surface area contributed by atoms with Crippen molar-refractivity contribution in [1.29, 1.82) is 0 Å². The highest BCUT2D eigenvalue weighted by Gasteiger charge is 2.12. The number of hydrogen-bond acceptors (Lipinski definition) is 2. The Hall–Kier alpha value is -1.17. The van der Waals surface area contributed by atoms with Crippen molar-refractivity contribution in [3.8, 4) is 18.1 Å². The second-order valence-corrected chi connectivity index (χ2v) is 3.25. The van der Waals surface area contributed by atoms with Gasteiger partial charge in [0, 0.05) is 17.0 Å². The molecule has 0 heterocycles. The van der Waals surface area contributed by atoms with E-state index >= 15 is 0 Å². The average molecular weight is 211 g/mol. The molecule has 0 aromatic heterocycles. The maximum absolute atomic E-state index is 9.68. The minimum Gasteiger partial charge on any atom is -0.496 e. The van der Waals surface area contributed by atoms with Crippen molar-refractivity contribution in [2.75, 3.05) is 7.11 Å². The molecule has 1 rings (SSSR count). The molecule has 2 nitrogen and oxygen atoms in total. The summed E-state index contributed by atoms with van der Waals surface area (Å²) in [5.41, 5.74) is 0.623. The molecule has 0 fully saturated rings. The molecule has 0 saturated carbocycles. The van der Waals surface area contributed by atoms with E-state index in [0.29, 0.717) is 16.3 Å². The molecule has 1 N–H and O–H groups in total. The lowest BCUT2D eigenvalue weighted by atomic mass is 10.1. The Morgan fingerprint density at radius 2 is 2.36 bits per heavy atom. The van der Waals surface area contributed by atoms with Crippen LogP contribution in [-0.4, -0.2) is 12.2 Å². The molecule has 1 unspecified atom stereocenters. The molecule has 1 aromatic carbocycles. The molecule has 74 valence electrons. The number of methoxy groups -OCH3 is 1. The lowest BCUT2D eigenvalue weighted by molar-refractivity contribution is 0.179. The van der Waals surface area contributed by atoms with Gasteiger partial charge in [-0.1, -0.05) is 11.6 Å². The molecular formula is C11H11ClO2. The number of terminal acetylenes is 1. The molecule has 1 aromatic rings. The normalized spacial score (nSPS) is 11.9.